The summed E-state index contributed by atoms with van der Waals surface area (Å²) in [6, 6.07) is 24.5. The maximum atomic E-state index is 12.9. The van der Waals surface area contributed by atoms with Crippen LogP contribution in [0.1, 0.15) is 42.6 Å². The topological polar surface area (TPSA) is 101 Å². The molecule has 1 N–H and O–H groups in total. The van der Waals surface area contributed by atoms with Gasteiger partial charge in [0.2, 0.25) is 5.91 Å². The van der Waals surface area contributed by atoms with Crippen molar-refractivity contribution in [3.8, 4) is 28.7 Å². The Hall–Kier alpha value is -4.96. The molecule has 39 heavy (non-hydrogen) atoms. The molecule has 0 fully saturated rings. The quantitative estimate of drug-likeness (QED) is 0.172. The molecule has 1 heterocycles. The first-order valence-corrected chi connectivity index (χ1v) is 12.8. The smallest absolute Gasteiger partial charge is 0.225 e. The number of amides is 1. The van der Waals surface area contributed by atoms with Gasteiger partial charge >= 0.3 is 0 Å². The molecule has 1 aromatic heterocycles. The Kier molecular flexibility index (Phi) is 9.04. The number of anilines is 1. The number of carbonyl (C=O) groups is 2. The Labute approximate surface area is 227 Å². The van der Waals surface area contributed by atoms with Crippen molar-refractivity contribution in [2.75, 3.05) is 18.5 Å². The van der Waals surface area contributed by atoms with Crippen LogP contribution in [0, 0.1) is 11.3 Å². The molecule has 0 aliphatic heterocycles. The molecule has 7 heteroatoms. The summed E-state index contributed by atoms with van der Waals surface area (Å²) in [6.45, 7) is 4.67. The van der Waals surface area contributed by atoms with E-state index in [1.54, 1.807) is 24.3 Å². The average Bonchev–Trinajstić information content (AvgIpc) is 2.95. The normalized spacial score (nSPS) is 10.8. The van der Waals surface area contributed by atoms with E-state index in [2.05, 4.69) is 10.3 Å². The molecule has 0 unspecified atom stereocenters. The van der Waals surface area contributed by atoms with E-state index >= 15 is 0 Å². The van der Waals surface area contributed by atoms with Crippen LogP contribution in [0.3, 0.4) is 0 Å². The first-order chi connectivity index (χ1) is 19.0. The van der Waals surface area contributed by atoms with Crippen molar-refractivity contribution in [3.05, 3.63) is 90.0 Å². The number of aromatic nitrogens is 1. The fourth-order valence-corrected chi connectivity index (χ4v) is 4.20. The number of allylic oxidation sites excluding steroid dienone is 1. The lowest BCUT2D eigenvalue weighted by Gasteiger charge is -2.13. The molecule has 0 spiro atoms. The Morgan fingerprint density at radius 1 is 0.923 bits per heavy atom. The van der Waals surface area contributed by atoms with E-state index in [-0.39, 0.29) is 24.5 Å². The first-order valence-electron chi connectivity index (χ1n) is 12.8. The number of pyridine rings is 1. The van der Waals surface area contributed by atoms with Crippen LogP contribution in [0.15, 0.2) is 78.9 Å². The van der Waals surface area contributed by atoms with Crippen molar-refractivity contribution < 1.29 is 19.1 Å². The molecule has 4 rings (SSSR count). The number of nitrogens with one attached hydrogen (secondary N) is 1. The summed E-state index contributed by atoms with van der Waals surface area (Å²) >= 11 is 0. The van der Waals surface area contributed by atoms with Crippen LogP contribution in [0.5, 0.6) is 11.5 Å². The molecule has 0 atom stereocenters. The Morgan fingerprint density at radius 2 is 1.69 bits per heavy atom. The van der Waals surface area contributed by atoms with Gasteiger partial charge in [0.05, 0.1) is 24.8 Å². The molecule has 1 amide bonds. The van der Waals surface area contributed by atoms with Crippen molar-refractivity contribution in [2.24, 2.45) is 0 Å². The molecule has 4 aromatic rings. The molecule has 0 saturated heterocycles. The molecule has 0 bridgehead atoms. The van der Waals surface area contributed by atoms with Gasteiger partial charge in [-0.05, 0) is 66.9 Å². The minimum absolute atomic E-state index is 0.00134. The number of nitriles is 1. The Bertz CT molecular complexity index is 1560. The van der Waals surface area contributed by atoms with Gasteiger partial charge in [-0.25, -0.2) is 4.98 Å². The van der Waals surface area contributed by atoms with Crippen LogP contribution in [0.4, 0.5) is 5.82 Å². The largest absolute Gasteiger partial charge is 0.490 e. The van der Waals surface area contributed by atoms with Gasteiger partial charge in [0.15, 0.2) is 17.3 Å². The van der Waals surface area contributed by atoms with Gasteiger partial charge in [-0.3, -0.25) is 9.59 Å². The van der Waals surface area contributed by atoms with Crippen LogP contribution in [-0.4, -0.2) is 29.9 Å². The highest BCUT2D eigenvalue weighted by molar-refractivity contribution is 6.02. The highest BCUT2D eigenvalue weighted by atomic mass is 16.5. The summed E-state index contributed by atoms with van der Waals surface area (Å²) in [6.07, 6.45) is 3.15. The fourth-order valence-electron chi connectivity index (χ4n) is 4.20. The van der Waals surface area contributed by atoms with Crippen molar-refractivity contribution in [1.82, 2.24) is 4.98 Å². The zero-order valence-corrected chi connectivity index (χ0v) is 21.9. The van der Waals surface area contributed by atoms with Crippen molar-refractivity contribution in [1.29, 1.82) is 5.26 Å². The minimum Gasteiger partial charge on any atom is -0.490 e. The molecule has 3 aromatic carbocycles. The molecular formula is C32H29N3O4. The van der Waals surface area contributed by atoms with Crippen LogP contribution in [-0.2, 0) is 4.79 Å². The first kappa shape index (κ1) is 27.1. The number of rotatable bonds is 11. The lowest BCUT2D eigenvalue weighted by Crippen LogP contribution is -2.14. The van der Waals surface area contributed by atoms with Crippen LogP contribution in [0.25, 0.3) is 28.1 Å². The fraction of sp³-hybridized carbons (Fsp3) is 0.188. The number of hydrogen-bond donors (Lipinski definition) is 1. The number of nitrogens with zero attached hydrogens (tertiary/aromatic N) is 2. The van der Waals surface area contributed by atoms with E-state index < -0.39 is 0 Å². The summed E-state index contributed by atoms with van der Waals surface area (Å²) in [5, 5.41) is 12.6. The van der Waals surface area contributed by atoms with Crippen LogP contribution in [0.2, 0.25) is 0 Å². The molecule has 0 aliphatic carbocycles. The standard InChI is InChI=1S/C32H29N3O4/c1-3-38-29-16-13-24(20-30(29)39-4-2)28(36)15-17-32(37)35-31-21-26(23-10-6-5-7-11-23)25-14-12-22(9-8-18-33)19-27(25)34-31/h5-14,16,19-21H,3-4,15,17H2,1-2H3,(H,34,35,37)/b9-8+. The van der Waals surface area contributed by atoms with E-state index in [0.29, 0.717) is 41.6 Å². The highest BCUT2D eigenvalue weighted by Gasteiger charge is 2.15. The number of carbonyl (C=O) groups excluding carboxylic acids is 2. The van der Waals surface area contributed by atoms with Crippen LogP contribution < -0.4 is 14.8 Å². The summed E-state index contributed by atoms with van der Waals surface area (Å²) in [5.74, 6) is 0.995. The summed E-state index contributed by atoms with van der Waals surface area (Å²) in [7, 11) is 0. The highest BCUT2D eigenvalue weighted by Crippen LogP contribution is 2.32. The summed E-state index contributed by atoms with van der Waals surface area (Å²) < 4.78 is 11.2. The predicted molar refractivity (Wildman–Crippen MR) is 153 cm³/mol. The van der Waals surface area contributed by atoms with E-state index in [1.165, 1.54) is 6.08 Å². The number of Topliss-reactive ketones (excluding diaryl/α,β-unsaturated/α-hetero) is 1. The van der Waals surface area contributed by atoms with Gasteiger partial charge in [0, 0.05) is 29.9 Å². The zero-order chi connectivity index (χ0) is 27.6. The number of fused-ring (bicyclic) bond motifs is 1. The number of hydrogen-bond acceptors (Lipinski definition) is 6. The third-order valence-electron chi connectivity index (χ3n) is 5.98. The number of benzene rings is 3. The van der Waals surface area contributed by atoms with E-state index in [0.717, 1.165) is 22.1 Å². The van der Waals surface area contributed by atoms with Gasteiger partial charge in [0.25, 0.3) is 0 Å². The monoisotopic (exact) mass is 519 g/mol. The third-order valence-corrected chi connectivity index (χ3v) is 5.98. The summed E-state index contributed by atoms with van der Waals surface area (Å²) in [5.41, 5.74) is 3.87. The third kappa shape index (κ3) is 6.88. The molecule has 7 nitrogen and oxygen atoms in total. The number of ketones is 1. The maximum absolute atomic E-state index is 12.9. The second-order valence-electron chi connectivity index (χ2n) is 8.66. The van der Waals surface area contributed by atoms with E-state index in [4.69, 9.17) is 14.7 Å². The lowest BCUT2D eigenvalue weighted by atomic mass is 9.99. The van der Waals surface area contributed by atoms with Gasteiger partial charge < -0.3 is 14.8 Å². The molecule has 0 saturated carbocycles. The zero-order valence-electron chi connectivity index (χ0n) is 21.9. The minimum atomic E-state index is -0.314. The summed E-state index contributed by atoms with van der Waals surface area (Å²) in [4.78, 5) is 30.3. The Morgan fingerprint density at radius 3 is 2.44 bits per heavy atom. The molecule has 196 valence electrons. The molecule has 0 radical (unpaired) electrons. The van der Waals surface area contributed by atoms with Gasteiger partial charge in [-0.15, -0.1) is 0 Å². The molecule has 0 aliphatic rings. The predicted octanol–water partition coefficient (Wildman–Crippen LogP) is 6.84. The van der Waals surface area contributed by atoms with Crippen molar-refractivity contribution in [2.45, 2.75) is 26.7 Å². The SMILES string of the molecule is CCOc1ccc(C(=O)CCC(=O)Nc2cc(-c3ccccc3)c3ccc(/C=C/C#N)cc3n2)cc1OCC. The average molecular weight is 520 g/mol. The second kappa shape index (κ2) is 13.0. The maximum Gasteiger partial charge on any atom is 0.225 e. The second-order valence-corrected chi connectivity index (χ2v) is 8.66. The van der Waals surface area contributed by atoms with E-state index in [9.17, 15) is 9.59 Å². The lowest BCUT2D eigenvalue weighted by molar-refractivity contribution is -0.116. The van der Waals surface area contributed by atoms with Crippen molar-refractivity contribution in [3.63, 3.8) is 0 Å². The Balaban J connectivity index is 1.53. The van der Waals surface area contributed by atoms with Gasteiger partial charge in [-0.2, -0.15) is 5.26 Å². The van der Waals surface area contributed by atoms with Crippen LogP contribution >= 0.6 is 0 Å². The van der Waals surface area contributed by atoms with Crippen molar-refractivity contribution >= 4 is 34.5 Å². The van der Waals surface area contributed by atoms with E-state index in [1.807, 2.05) is 74.5 Å². The molecular weight excluding hydrogens is 490 g/mol. The number of ether oxygens (including phenoxy) is 2. The van der Waals surface area contributed by atoms with Gasteiger partial charge in [-0.1, -0.05) is 42.5 Å². The van der Waals surface area contributed by atoms with Gasteiger partial charge in [0.1, 0.15) is 5.82 Å².